The number of aromatic amines is 1. The van der Waals surface area contributed by atoms with Crippen LogP contribution in [0.25, 0.3) is 22.4 Å². The molecule has 0 spiro atoms. The van der Waals surface area contributed by atoms with E-state index in [9.17, 15) is 4.79 Å². The highest BCUT2D eigenvalue weighted by Crippen LogP contribution is 2.23. The zero-order chi connectivity index (χ0) is 17.2. The number of anilines is 1. The maximum absolute atomic E-state index is 12.4. The summed E-state index contributed by atoms with van der Waals surface area (Å²) in [7, 11) is 0. The molecule has 122 valence electrons. The molecule has 4 rings (SSSR count). The molecule has 0 aliphatic carbocycles. The summed E-state index contributed by atoms with van der Waals surface area (Å²) in [5.74, 6) is 0.604. The zero-order valence-corrected chi connectivity index (χ0v) is 14.6. The van der Waals surface area contributed by atoms with Crippen molar-refractivity contribution in [2.45, 2.75) is 0 Å². The summed E-state index contributed by atoms with van der Waals surface area (Å²) in [6.45, 7) is 0. The van der Waals surface area contributed by atoms with Gasteiger partial charge in [-0.15, -0.1) is 0 Å². The van der Waals surface area contributed by atoms with E-state index in [0.717, 1.165) is 26.9 Å². The van der Waals surface area contributed by atoms with Crippen molar-refractivity contribution in [3.8, 4) is 11.4 Å². The first-order chi connectivity index (χ1) is 12.2. The summed E-state index contributed by atoms with van der Waals surface area (Å²) in [5, 5.41) is 2.91. The summed E-state index contributed by atoms with van der Waals surface area (Å²) < 4.78 is 0.759. The number of fused-ring (bicyclic) bond motifs is 1. The van der Waals surface area contributed by atoms with E-state index in [4.69, 9.17) is 0 Å². The number of rotatable bonds is 3. The Morgan fingerprint density at radius 2 is 1.84 bits per heavy atom. The number of hydrogen-bond acceptors (Lipinski definition) is 3. The van der Waals surface area contributed by atoms with Gasteiger partial charge in [-0.05, 0) is 58.4 Å². The summed E-state index contributed by atoms with van der Waals surface area (Å²) in [6, 6.07) is 16.7. The molecule has 2 heterocycles. The summed E-state index contributed by atoms with van der Waals surface area (Å²) in [5.41, 5.74) is 3.95. The van der Waals surface area contributed by atoms with E-state index in [1.807, 2.05) is 48.5 Å². The maximum atomic E-state index is 12.4. The molecule has 1 amide bonds. The van der Waals surface area contributed by atoms with Gasteiger partial charge < -0.3 is 10.3 Å². The summed E-state index contributed by atoms with van der Waals surface area (Å²) >= 11 is 3.40. The van der Waals surface area contributed by atoms with Crippen LogP contribution in [0.15, 0.2) is 71.5 Å². The van der Waals surface area contributed by atoms with Crippen molar-refractivity contribution in [2.75, 3.05) is 5.32 Å². The fraction of sp³-hybridized carbons (Fsp3) is 0. The SMILES string of the molecule is O=C(Nc1ccc2nc(-c3ccncc3)[nH]c2c1)c1ccccc1Br. The van der Waals surface area contributed by atoms with Gasteiger partial charge in [-0.1, -0.05) is 12.1 Å². The summed E-state index contributed by atoms with van der Waals surface area (Å²) in [6.07, 6.45) is 3.46. The van der Waals surface area contributed by atoms with Crippen molar-refractivity contribution in [2.24, 2.45) is 0 Å². The second kappa shape index (κ2) is 6.49. The van der Waals surface area contributed by atoms with Gasteiger partial charge in [0.05, 0.1) is 16.6 Å². The van der Waals surface area contributed by atoms with Crippen molar-refractivity contribution in [3.05, 3.63) is 77.0 Å². The number of pyridine rings is 1. The number of amides is 1. The second-order valence-corrected chi connectivity index (χ2v) is 6.34. The van der Waals surface area contributed by atoms with Crippen LogP contribution in [0.5, 0.6) is 0 Å². The van der Waals surface area contributed by atoms with Crippen molar-refractivity contribution in [1.29, 1.82) is 0 Å². The molecule has 0 saturated carbocycles. The highest BCUT2D eigenvalue weighted by atomic mass is 79.9. The van der Waals surface area contributed by atoms with Crippen LogP contribution in [-0.4, -0.2) is 20.9 Å². The molecule has 0 radical (unpaired) electrons. The number of nitrogens with zero attached hydrogens (tertiary/aromatic N) is 2. The number of aromatic nitrogens is 3. The highest BCUT2D eigenvalue weighted by Gasteiger charge is 2.11. The van der Waals surface area contributed by atoms with E-state index >= 15 is 0 Å². The maximum Gasteiger partial charge on any atom is 0.256 e. The first-order valence-corrected chi connectivity index (χ1v) is 8.46. The predicted octanol–water partition coefficient (Wildman–Crippen LogP) is 4.64. The summed E-state index contributed by atoms with van der Waals surface area (Å²) in [4.78, 5) is 24.3. The van der Waals surface area contributed by atoms with E-state index in [1.54, 1.807) is 18.5 Å². The Morgan fingerprint density at radius 3 is 2.64 bits per heavy atom. The molecular formula is C19H13BrN4O. The van der Waals surface area contributed by atoms with Gasteiger partial charge in [-0.2, -0.15) is 0 Å². The Labute approximate surface area is 152 Å². The Bertz CT molecular complexity index is 1060. The van der Waals surface area contributed by atoms with Gasteiger partial charge in [0.1, 0.15) is 5.82 Å². The monoisotopic (exact) mass is 392 g/mol. The fourth-order valence-corrected chi connectivity index (χ4v) is 3.04. The lowest BCUT2D eigenvalue weighted by Gasteiger charge is -2.06. The molecule has 5 nitrogen and oxygen atoms in total. The van der Waals surface area contributed by atoms with Gasteiger partial charge in [0.25, 0.3) is 5.91 Å². The van der Waals surface area contributed by atoms with Gasteiger partial charge in [0.15, 0.2) is 0 Å². The van der Waals surface area contributed by atoms with E-state index in [1.165, 1.54) is 0 Å². The zero-order valence-electron chi connectivity index (χ0n) is 13.0. The van der Waals surface area contributed by atoms with Crippen LogP contribution in [0.4, 0.5) is 5.69 Å². The third-order valence-corrected chi connectivity index (χ3v) is 4.50. The molecule has 4 aromatic rings. The van der Waals surface area contributed by atoms with E-state index in [2.05, 4.69) is 36.2 Å². The number of H-pyrrole nitrogens is 1. The highest BCUT2D eigenvalue weighted by molar-refractivity contribution is 9.10. The minimum atomic E-state index is -0.166. The van der Waals surface area contributed by atoms with Gasteiger partial charge >= 0.3 is 0 Å². The molecule has 0 aliphatic rings. The van der Waals surface area contributed by atoms with Gasteiger partial charge in [-0.25, -0.2) is 4.98 Å². The Morgan fingerprint density at radius 1 is 1.04 bits per heavy atom. The van der Waals surface area contributed by atoms with Crippen molar-refractivity contribution in [1.82, 2.24) is 15.0 Å². The molecule has 0 bridgehead atoms. The Kier molecular flexibility index (Phi) is 4.03. The van der Waals surface area contributed by atoms with Crippen LogP contribution in [0, 0.1) is 0 Å². The van der Waals surface area contributed by atoms with Crippen LogP contribution < -0.4 is 5.32 Å². The molecular weight excluding hydrogens is 380 g/mol. The van der Waals surface area contributed by atoms with Crippen LogP contribution in [0.2, 0.25) is 0 Å². The van der Waals surface area contributed by atoms with Gasteiger partial charge in [0, 0.05) is 28.1 Å². The van der Waals surface area contributed by atoms with Crippen LogP contribution in [-0.2, 0) is 0 Å². The standard InChI is InChI=1S/C19H13BrN4O/c20-15-4-2-1-3-14(15)19(25)22-13-5-6-16-17(11-13)24-18(23-16)12-7-9-21-10-8-12/h1-11H,(H,22,25)(H,23,24). The number of imidazole rings is 1. The third kappa shape index (κ3) is 3.16. The molecule has 0 fully saturated rings. The molecule has 2 aromatic heterocycles. The minimum Gasteiger partial charge on any atom is -0.338 e. The van der Waals surface area contributed by atoms with Crippen molar-refractivity contribution in [3.63, 3.8) is 0 Å². The van der Waals surface area contributed by atoms with Crippen LogP contribution in [0.3, 0.4) is 0 Å². The third-order valence-electron chi connectivity index (χ3n) is 3.81. The Balaban J connectivity index is 1.63. The first kappa shape index (κ1) is 15.5. The predicted molar refractivity (Wildman–Crippen MR) is 101 cm³/mol. The topological polar surface area (TPSA) is 70.7 Å². The minimum absolute atomic E-state index is 0.166. The fourth-order valence-electron chi connectivity index (χ4n) is 2.58. The molecule has 2 aromatic carbocycles. The van der Waals surface area contributed by atoms with E-state index < -0.39 is 0 Å². The number of halogens is 1. The molecule has 0 aliphatic heterocycles. The number of hydrogen-bond donors (Lipinski definition) is 2. The lowest BCUT2D eigenvalue weighted by atomic mass is 10.2. The smallest absolute Gasteiger partial charge is 0.256 e. The number of benzene rings is 2. The van der Waals surface area contributed by atoms with Crippen LogP contribution in [0.1, 0.15) is 10.4 Å². The average molecular weight is 393 g/mol. The molecule has 6 heteroatoms. The molecule has 0 unspecified atom stereocenters. The first-order valence-electron chi connectivity index (χ1n) is 7.67. The average Bonchev–Trinajstić information content (AvgIpc) is 3.06. The second-order valence-electron chi connectivity index (χ2n) is 5.49. The number of nitrogens with one attached hydrogen (secondary N) is 2. The quantitative estimate of drug-likeness (QED) is 0.533. The number of carbonyl (C=O) groups excluding carboxylic acids is 1. The number of carbonyl (C=O) groups is 1. The van der Waals surface area contributed by atoms with Crippen molar-refractivity contribution >= 4 is 38.6 Å². The Hall–Kier alpha value is -2.99. The van der Waals surface area contributed by atoms with E-state index in [-0.39, 0.29) is 5.91 Å². The molecule has 0 atom stereocenters. The van der Waals surface area contributed by atoms with Crippen molar-refractivity contribution < 1.29 is 4.79 Å². The molecule has 2 N–H and O–H groups in total. The molecule has 0 saturated heterocycles. The van der Waals surface area contributed by atoms with Gasteiger partial charge in [-0.3, -0.25) is 9.78 Å². The molecule has 25 heavy (non-hydrogen) atoms. The lowest BCUT2D eigenvalue weighted by Crippen LogP contribution is -2.12. The van der Waals surface area contributed by atoms with E-state index in [0.29, 0.717) is 11.3 Å². The van der Waals surface area contributed by atoms with Crippen LogP contribution >= 0.6 is 15.9 Å². The van der Waals surface area contributed by atoms with Gasteiger partial charge in [0.2, 0.25) is 0 Å². The normalized spacial score (nSPS) is 10.8. The lowest BCUT2D eigenvalue weighted by molar-refractivity contribution is 0.102. The largest absolute Gasteiger partial charge is 0.338 e.